The number of aliphatic hydroxyl groups is 1. The van der Waals surface area contributed by atoms with Crippen molar-refractivity contribution >= 4 is 9.84 Å². The summed E-state index contributed by atoms with van der Waals surface area (Å²) in [6, 6.07) is 15.3. The van der Waals surface area contributed by atoms with Gasteiger partial charge in [0.25, 0.3) is 0 Å². The highest BCUT2D eigenvalue weighted by Gasteiger charge is 2.34. The maximum absolute atomic E-state index is 12.9. The van der Waals surface area contributed by atoms with Gasteiger partial charge in [0.1, 0.15) is 5.25 Å². The topological polar surface area (TPSA) is 54.4 Å². The van der Waals surface area contributed by atoms with E-state index in [0.717, 1.165) is 5.56 Å². The van der Waals surface area contributed by atoms with Gasteiger partial charge in [-0.2, -0.15) is 0 Å². The van der Waals surface area contributed by atoms with Crippen LogP contribution in [0.15, 0.2) is 59.5 Å². The van der Waals surface area contributed by atoms with E-state index in [4.69, 9.17) is 6.42 Å². The second-order valence-electron chi connectivity index (χ2n) is 5.17. The van der Waals surface area contributed by atoms with Crippen LogP contribution >= 0.6 is 0 Å². The molecule has 2 atom stereocenters. The van der Waals surface area contributed by atoms with Crippen molar-refractivity contribution in [1.29, 1.82) is 0 Å². The van der Waals surface area contributed by atoms with E-state index < -0.39 is 21.2 Å². The summed E-state index contributed by atoms with van der Waals surface area (Å²) in [5, 5.41) is 9.25. The minimum atomic E-state index is -3.74. The molecule has 0 aliphatic heterocycles. The van der Waals surface area contributed by atoms with Crippen LogP contribution in [0.4, 0.5) is 0 Å². The fourth-order valence-electron chi connectivity index (χ4n) is 2.44. The fraction of sp³-hybridized carbons (Fsp3) is 0.222. The van der Waals surface area contributed by atoms with Crippen molar-refractivity contribution in [2.45, 2.75) is 29.6 Å². The number of rotatable bonds is 5. The lowest BCUT2D eigenvalue weighted by molar-refractivity contribution is 0.174. The van der Waals surface area contributed by atoms with E-state index in [-0.39, 0.29) is 11.3 Å². The Morgan fingerprint density at radius 3 is 2.41 bits per heavy atom. The van der Waals surface area contributed by atoms with Crippen molar-refractivity contribution in [2.24, 2.45) is 0 Å². The first-order chi connectivity index (χ1) is 10.5. The summed E-state index contributed by atoms with van der Waals surface area (Å²) in [4.78, 5) is 0.178. The van der Waals surface area contributed by atoms with Crippen LogP contribution in [0.25, 0.3) is 0 Å². The second-order valence-corrected chi connectivity index (χ2v) is 7.24. The van der Waals surface area contributed by atoms with Crippen LogP contribution in [0.5, 0.6) is 0 Å². The minimum absolute atomic E-state index is 0.0231. The van der Waals surface area contributed by atoms with E-state index in [1.165, 1.54) is 12.1 Å². The molecule has 1 N–H and O–H groups in total. The van der Waals surface area contributed by atoms with Gasteiger partial charge in [-0.25, -0.2) is 8.42 Å². The van der Waals surface area contributed by atoms with Gasteiger partial charge < -0.3 is 5.11 Å². The Morgan fingerprint density at radius 1 is 1.14 bits per heavy atom. The van der Waals surface area contributed by atoms with Crippen LogP contribution in [0.1, 0.15) is 22.8 Å². The normalized spacial score (nSPS) is 14.0. The number of aryl methyl sites for hydroxylation is 1. The number of terminal acetylenes is 1. The van der Waals surface area contributed by atoms with Gasteiger partial charge in [-0.3, -0.25) is 0 Å². The number of benzene rings is 2. The van der Waals surface area contributed by atoms with Crippen LogP contribution < -0.4 is 0 Å². The Hall–Kier alpha value is -2.09. The van der Waals surface area contributed by atoms with Gasteiger partial charge in [0.15, 0.2) is 9.84 Å². The highest BCUT2D eigenvalue weighted by Crippen LogP contribution is 2.33. The molecule has 22 heavy (non-hydrogen) atoms. The standard InChI is InChI=1S/C18H18O3S/c1-3-8-17(19)18(15-10-7-9-14(2)13-15)22(20,21)16-11-5-4-6-12-16/h1,4-7,9-13,17-19H,8H2,2H3. The molecule has 3 nitrogen and oxygen atoms in total. The van der Waals surface area contributed by atoms with Crippen LogP contribution in [0.3, 0.4) is 0 Å². The summed E-state index contributed by atoms with van der Waals surface area (Å²) < 4.78 is 25.9. The Bertz CT molecular complexity index is 773. The summed E-state index contributed by atoms with van der Waals surface area (Å²) in [5.74, 6) is 2.34. The molecule has 2 unspecified atom stereocenters. The van der Waals surface area contributed by atoms with Gasteiger partial charge in [-0.15, -0.1) is 12.3 Å². The van der Waals surface area contributed by atoms with Gasteiger partial charge in [-0.05, 0) is 24.6 Å². The zero-order valence-electron chi connectivity index (χ0n) is 12.3. The largest absolute Gasteiger partial charge is 0.390 e. The Labute approximate surface area is 131 Å². The average molecular weight is 314 g/mol. The first kappa shape index (κ1) is 16.3. The Morgan fingerprint density at radius 2 is 1.82 bits per heavy atom. The van der Waals surface area contributed by atoms with Crippen LogP contribution in [0.2, 0.25) is 0 Å². The highest BCUT2D eigenvalue weighted by molar-refractivity contribution is 7.91. The first-order valence-corrected chi connectivity index (χ1v) is 8.48. The molecule has 2 rings (SSSR count). The molecule has 2 aromatic rings. The second kappa shape index (κ2) is 6.78. The summed E-state index contributed by atoms with van der Waals surface area (Å²) in [6.45, 7) is 1.88. The van der Waals surface area contributed by atoms with Crippen LogP contribution in [-0.4, -0.2) is 19.6 Å². The molecule has 0 saturated carbocycles. The van der Waals surface area contributed by atoms with Crippen LogP contribution in [-0.2, 0) is 9.84 Å². The molecule has 0 aliphatic rings. The zero-order valence-corrected chi connectivity index (χ0v) is 13.1. The third kappa shape index (κ3) is 3.38. The van der Waals surface area contributed by atoms with Crippen molar-refractivity contribution in [1.82, 2.24) is 0 Å². The maximum atomic E-state index is 12.9. The van der Waals surface area contributed by atoms with Crippen molar-refractivity contribution in [3.05, 3.63) is 65.7 Å². The number of sulfone groups is 1. The zero-order chi connectivity index (χ0) is 16.2. The van der Waals surface area contributed by atoms with E-state index >= 15 is 0 Å². The number of hydrogen-bond acceptors (Lipinski definition) is 3. The molecule has 0 spiro atoms. The van der Waals surface area contributed by atoms with Gasteiger partial charge in [0, 0.05) is 6.42 Å². The maximum Gasteiger partial charge on any atom is 0.187 e. The molecular formula is C18H18O3S. The highest BCUT2D eigenvalue weighted by atomic mass is 32.2. The van der Waals surface area contributed by atoms with Gasteiger partial charge >= 0.3 is 0 Å². The third-order valence-electron chi connectivity index (χ3n) is 3.45. The molecule has 4 heteroatoms. The lowest BCUT2D eigenvalue weighted by Gasteiger charge is -2.22. The SMILES string of the molecule is C#CCC(O)C(c1cccc(C)c1)S(=O)(=O)c1ccccc1. The van der Waals surface area contributed by atoms with E-state index in [0.29, 0.717) is 5.56 Å². The summed E-state index contributed by atoms with van der Waals surface area (Å²) >= 11 is 0. The van der Waals surface area contributed by atoms with Crippen molar-refractivity contribution in [2.75, 3.05) is 0 Å². The quantitative estimate of drug-likeness (QED) is 0.863. The predicted octanol–water partition coefficient (Wildman–Crippen LogP) is 2.89. The Balaban J connectivity index is 2.57. The molecule has 2 aromatic carbocycles. The van der Waals surface area contributed by atoms with Gasteiger partial charge in [0.05, 0.1) is 11.0 Å². The average Bonchev–Trinajstić information content (AvgIpc) is 2.48. The number of aliphatic hydroxyl groups excluding tert-OH is 1. The van der Waals surface area contributed by atoms with Crippen LogP contribution in [0, 0.1) is 19.3 Å². The monoisotopic (exact) mass is 314 g/mol. The summed E-state index contributed by atoms with van der Waals surface area (Å²) in [7, 11) is -3.74. The smallest absolute Gasteiger partial charge is 0.187 e. The fourth-order valence-corrected chi connectivity index (χ4v) is 4.28. The van der Waals surface area contributed by atoms with E-state index in [2.05, 4.69) is 5.92 Å². The minimum Gasteiger partial charge on any atom is -0.390 e. The third-order valence-corrected chi connectivity index (χ3v) is 5.64. The molecule has 0 aromatic heterocycles. The molecule has 114 valence electrons. The lowest BCUT2D eigenvalue weighted by atomic mass is 10.0. The number of hydrogen-bond donors (Lipinski definition) is 1. The molecular weight excluding hydrogens is 296 g/mol. The Kier molecular flexibility index (Phi) is 5.02. The molecule has 0 bridgehead atoms. The summed E-state index contributed by atoms with van der Waals surface area (Å²) in [5.41, 5.74) is 1.48. The molecule has 0 aliphatic carbocycles. The lowest BCUT2D eigenvalue weighted by Crippen LogP contribution is -2.26. The van der Waals surface area contributed by atoms with E-state index in [1.54, 1.807) is 36.4 Å². The van der Waals surface area contributed by atoms with Gasteiger partial charge in [-0.1, -0.05) is 48.0 Å². The molecule has 0 fully saturated rings. The van der Waals surface area contributed by atoms with Gasteiger partial charge in [0.2, 0.25) is 0 Å². The molecule has 0 saturated heterocycles. The van der Waals surface area contributed by atoms with E-state index in [9.17, 15) is 13.5 Å². The first-order valence-electron chi connectivity index (χ1n) is 6.94. The molecule has 0 radical (unpaired) electrons. The summed E-state index contributed by atoms with van der Waals surface area (Å²) in [6.07, 6.45) is 4.07. The van der Waals surface area contributed by atoms with Crippen molar-refractivity contribution < 1.29 is 13.5 Å². The predicted molar refractivity (Wildman–Crippen MR) is 87.0 cm³/mol. The molecule has 0 amide bonds. The van der Waals surface area contributed by atoms with Crippen molar-refractivity contribution in [3.63, 3.8) is 0 Å². The molecule has 0 heterocycles. The van der Waals surface area contributed by atoms with Crippen molar-refractivity contribution in [3.8, 4) is 12.3 Å². The van der Waals surface area contributed by atoms with E-state index in [1.807, 2.05) is 13.0 Å².